The fourth-order valence-electron chi connectivity index (χ4n) is 1.71. The Hall–Kier alpha value is -0.261. The number of halogens is 2. The van der Waals surface area contributed by atoms with Crippen LogP contribution in [-0.4, -0.2) is 0 Å². The van der Waals surface area contributed by atoms with Crippen molar-refractivity contribution in [2.75, 3.05) is 0 Å². The number of hydrogen-bond acceptors (Lipinski definition) is 8. The first-order valence-corrected chi connectivity index (χ1v) is 10.3. The third-order valence-electron chi connectivity index (χ3n) is 2.67. The summed E-state index contributed by atoms with van der Waals surface area (Å²) >= 11 is 0. The minimum atomic E-state index is -4.94. The summed E-state index contributed by atoms with van der Waals surface area (Å²) in [5.74, 6) is 0. The van der Waals surface area contributed by atoms with Gasteiger partial charge >= 0.3 is 17.1 Å². The molecule has 0 aromatic heterocycles. The second-order valence-corrected chi connectivity index (χ2v) is 6.46. The molecule has 0 aliphatic heterocycles. The van der Waals surface area contributed by atoms with E-state index in [-0.39, 0.29) is 17.1 Å². The Kier molecular flexibility index (Phi) is 23.8. The zero-order valence-electron chi connectivity index (χ0n) is 14.6. The molecule has 11 heteroatoms. The van der Waals surface area contributed by atoms with Crippen LogP contribution in [0.5, 0.6) is 0 Å². The fourth-order valence-corrected chi connectivity index (χ4v) is 1.71. The molecular weight excluding hydrogens is 455 g/mol. The molecule has 0 fully saturated rings. The summed E-state index contributed by atoms with van der Waals surface area (Å²) in [6, 6.07) is 0. The molecule has 0 atom stereocenters. The maximum Gasteiger partial charge on any atom is 2.00 e. The van der Waals surface area contributed by atoms with Crippen molar-refractivity contribution in [2.45, 2.75) is 51.4 Å². The zero-order chi connectivity index (χ0) is 20.3. The van der Waals surface area contributed by atoms with Crippen molar-refractivity contribution < 1.29 is 74.8 Å². The molecule has 0 aromatic carbocycles. The van der Waals surface area contributed by atoms with Gasteiger partial charge in [0.2, 0.25) is 0 Å². The Morgan fingerprint density at radius 2 is 0.407 bits per heavy atom. The molecule has 27 heavy (non-hydrogen) atoms. The first-order chi connectivity index (χ1) is 12.0. The van der Waals surface area contributed by atoms with Crippen LogP contribution >= 0.6 is 0 Å². The Balaban J connectivity index is -0.000000289. The van der Waals surface area contributed by atoms with E-state index in [4.69, 9.17) is 37.3 Å². The van der Waals surface area contributed by atoms with Crippen molar-refractivity contribution in [3.63, 3.8) is 0 Å². The summed E-state index contributed by atoms with van der Waals surface area (Å²) in [4.78, 5) is 0. The number of rotatable bonds is 0. The van der Waals surface area contributed by atoms with E-state index in [9.17, 15) is 0 Å². The van der Waals surface area contributed by atoms with E-state index in [1.807, 2.05) is 0 Å². The molecule has 0 amide bonds. The van der Waals surface area contributed by atoms with Gasteiger partial charge in [-0.05, 0) is 51.4 Å². The normalized spacial score (nSPS) is 16.3. The van der Waals surface area contributed by atoms with E-state index >= 15 is 0 Å². The van der Waals surface area contributed by atoms with Crippen LogP contribution < -0.4 is 37.3 Å². The number of hydrogen-bond donors (Lipinski definition) is 0. The van der Waals surface area contributed by atoms with Gasteiger partial charge in [0, 0.05) is 0 Å². The van der Waals surface area contributed by atoms with Gasteiger partial charge in [0.25, 0.3) is 0 Å². The van der Waals surface area contributed by atoms with E-state index < -0.39 is 20.5 Å². The molecule has 0 unspecified atom stereocenters. The molecular formula is C16H24Cl2CuO8. The van der Waals surface area contributed by atoms with E-state index in [0.717, 1.165) is 0 Å². The van der Waals surface area contributed by atoms with Crippen LogP contribution in [0.15, 0.2) is 48.6 Å². The molecule has 2 aliphatic carbocycles. The van der Waals surface area contributed by atoms with Gasteiger partial charge in [0.15, 0.2) is 0 Å². The van der Waals surface area contributed by atoms with Gasteiger partial charge in [-0.2, -0.15) is 0 Å². The van der Waals surface area contributed by atoms with Gasteiger partial charge < -0.3 is 0 Å². The third kappa shape index (κ3) is 58.6. The van der Waals surface area contributed by atoms with E-state index in [0.29, 0.717) is 0 Å². The van der Waals surface area contributed by atoms with Crippen LogP contribution in [0, 0.1) is 20.5 Å². The van der Waals surface area contributed by atoms with Crippen molar-refractivity contribution in [1.82, 2.24) is 0 Å². The zero-order valence-corrected chi connectivity index (χ0v) is 17.1. The average Bonchev–Trinajstić information content (AvgIpc) is 2.32. The Labute approximate surface area is 174 Å². The van der Waals surface area contributed by atoms with E-state index in [1.165, 1.54) is 51.4 Å². The first-order valence-electron chi connectivity index (χ1n) is 7.83. The first kappa shape index (κ1) is 31.4. The summed E-state index contributed by atoms with van der Waals surface area (Å²) in [7, 11) is -9.89. The molecule has 1 radical (unpaired) electrons. The summed E-state index contributed by atoms with van der Waals surface area (Å²) in [5, 5.41) is 0. The summed E-state index contributed by atoms with van der Waals surface area (Å²) < 4.78 is 67.9. The van der Waals surface area contributed by atoms with Crippen LogP contribution in [-0.2, 0) is 17.1 Å². The second kappa shape index (κ2) is 20.5. The van der Waals surface area contributed by atoms with Crippen molar-refractivity contribution in [1.29, 1.82) is 0 Å². The predicted octanol–water partition coefficient (Wildman–Crippen LogP) is -4.17. The van der Waals surface area contributed by atoms with Gasteiger partial charge in [-0.1, -0.05) is 48.6 Å². The third-order valence-corrected chi connectivity index (χ3v) is 2.67. The molecule has 0 heterocycles. The SMILES string of the molecule is C1=CCCC=CCC1.C1=CCCC=CCC1.[Cu+2].[O-][Cl+3]([O-])([O-])[O-].[O-][Cl+3]([O-])([O-])[O-]. The quantitative estimate of drug-likeness (QED) is 0.248. The molecule has 161 valence electrons. The van der Waals surface area contributed by atoms with Crippen molar-refractivity contribution in [2.24, 2.45) is 0 Å². The van der Waals surface area contributed by atoms with E-state index in [2.05, 4.69) is 48.6 Å². The van der Waals surface area contributed by atoms with Crippen molar-refractivity contribution in [3.05, 3.63) is 48.6 Å². The molecule has 0 N–H and O–H groups in total. The molecule has 0 spiro atoms. The van der Waals surface area contributed by atoms with Crippen LogP contribution in [0.3, 0.4) is 0 Å². The molecule has 0 aromatic rings. The van der Waals surface area contributed by atoms with Gasteiger partial charge in [-0.3, -0.25) is 0 Å². The van der Waals surface area contributed by atoms with Gasteiger partial charge in [-0.25, -0.2) is 37.3 Å². The van der Waals surface area contributed by atoms with Gasteiger partial charge in [0.05, 0.1) is 0 Å². The Morgan fingerprint density at radius 3 is 0.481 bits per heavy atom. The van der Waals surface area contributed by atoms with Crippen LogP contribution in [0.4, 0.5) is 0 Å². The molecule has 0 saturated carbocycles. The summed E-state index contributed by atoms with van der Waals surface area (Å²) in [6.45, 7) is 0. The number of allylic oxidation sites excluding steroid dienone is 8. The predicted molar refractivity (Wildman–Crippen MR) is 73.5 cm³/mol. The Bertz CT molecular complexity index is 325. The molecule has 2 rings (SSSR count). The smallest absolute Gasteiger partial charge is 0.222 e. The van der Waals surface area contributed by atoms with Crippen LogP contribution in [0.2, 0.25) is 0 Å². The van der Waals surface area contributed by atoms with Gasteiger partial charge in [-0.15, -0.1) is 20.5 Å². The molecule has 0 saturated heterocycles. The fraction of sp³-hybridized carbons (Fsp3) is 0.500. The van der Waals surface area contributed by atoms with Gasteiger partial charge in [0.1, 0.15) is 0 Å². The molecule has 8 nitrogen and oxygen atoms in total. The minimum absolute atomic E-state index is 0. The van der Waals surface area contributed by atoms with Crippen LogP contribution in [0.1, 0.15) is 51.4 Å². The topological polar surface area (TPSA) is 184 Å². The average molecular weight is 479 g/mol. The summed E-state index contributed by atoms with van der Waals surface area (Å²) in [5.41, 5.74) is 0. The largest absolute Gasteiger partial charge is 2.00 e. The maximum absolute atomic E-state index is 8.49. The maximum atomic E-state index is 8.49. The van der Waals surface area contributed by atoms with Crippen molar-refractivity contribution in [3.8, 4) is 0 Å². The monoisotopic (exact) mass is 477 g/mol. The standard InChI is InChI=1S/2C8H12.2ClHO4.Cu/c2*1-2-4-6-8-7-5-3-1;2*2-1(3,4)5;/h2*1-2,7-8H,3-6H2;2*(H,2,3,4,5);/q;;;;+2/p-2. The Morgan fingerprint density at radius 1 is 0.333 bits per heavy atom. The molecule has 0 bridgehead atoms. The second-order valence-electron chi connectivity index (χ2n) is 4.95. The van der Waals surface area contributed by atoms with Crippen LogP contribution in [0.25, 0.3) is 0 Å². The minimum Gasteiger partial charge on any atom is -0.222 e. The molecule has 2 aliphatic rings. The summed E-state index contributed by atoms with van der Waals surface area (Å²) in [6.07, 6.45) is 28.0. The van der Waals surface area contributed by atoms with Crippen molar-refractivity contribution >= 4 is 0 Å². The van der Waals surface area contributed by atoms with E-state index in [1.54, 1.807) is 0 Å².